The van der Waals surface area contributed by atoms with Crippen LogP contribution in [0.15, 0.2) is 60.7 Å². The predicted molar refractivity (Wildman–Crippen MR) is 179 cm³/mol. The third kappa shape index (κ3) is 6.51. The van der Waals surface area contributed by atoms with E-state index >= 15 is 0 Å². The molecule has 46 heavy (non-hydrogen) atoms. The Morgan fingerprint density at radius 3 is 2.39 bits per heavy atom. The highest BCUT2D eigenvalue weighted by Gasteiger charge is 2.45. The van der Waals surface area contributed by atoms with E-state index < -0.39 is 0 Å². The quantitative estimate of drug-likeness (QED) is 0.0824. The Hall–Kier alpha value is -4.24. The third-order valence-electron chi connectivity index (χ3n) is 9.94. The van der Waals surface area contributed by atoms with Gasteiger partial charge in [-0.05, 0) is 84.4 Å². The molecule has 1 saturated heterocycles. The molecule has 1 aliphatic heterocycles. The molecule has 3 atom stereocenters. The summed E-state index contributed by atoms with van der Waals surface area (Å²) in [5, 5.41) is 66.6. The van der Waals surface area contributed by atoms with Crippen LogP contribution in [0.1, 0.15) is 66.3 Å². The zero-order valence-electron chi connectivity index (χ0n) is 26.0. The van der Waals surface area contributed by atoms with Crippen molar-refractivity contribution in [2.24, 2.45) is 5.92 Å². The van der Waals surface area contributed by atoms with Gasteiger partial charge in [-0.3, -0.25) is 0 Å². The van der Waals surface area contributed by atoms with Crippen molar-refractivity contribution in [1.29, 1.82) is 0 Å². The van der Waals surface area contributed by atoms with Gasteiger partial charge in [0.2, 0.25) is 0 Å². The number of phenols is 5. The van der Waals surface area contributed by atoms with Crippen molar-refractivity contribution in [1.82, 2.24) is 5.32 Å². The number of phenolic OH excluding ortho intramolecular Hbond substituents is 5. The first-order chi connectivity index (χ1) is 22.3. The van der Waals surface area contributed by atoms with Crippen LogP contribution in [0.2, 0.25) is 0 Å². The van der Waals surface area contributed by atoms with Crippen LogP contribution in [0.4, 0.5) is 0 Å². The van der Waals surface area contributed by atoms with E-state index in [-0.39, 0.29) is 52.3 Å². The first-order valence-electron chi connectivity index (χ1n) is 16.2. The van der Waals surface area contributed by atoms with Crippen LogP contribution in [0.5, 0.6) is 28.7 Å². The molecule has 0 radical (unpaired) electrons. The molecule has 2 fully saturated rings. The van der Waals surface area contributed by atoms with E-state index in [1.165, 1.54) is 23.8 Å². The second-order valence-electron chi connectivity index (χ2n) is 12.8. The van der Waals surface area contributed by atoms with E-state index in [1.54, 1.807) is 30.4 Å². The minimum Gasteiger partial charge on any atom is -0.507 e. The van der Waals surface area contributed by atoms with Gasteiger partial charge in [0.1, 0.15) is 5.75 Å². The van der Waals surface area contributed by atoms with Gasteiger partial charge in [-0.15, -0.1) is 0 Å². The lowest BCUT2D eigenvalue weighted by atomic mass is 9.71. The highest BCUT2D eigenvalue weighted by molar-refractivity contribution is 6.03. The largest absolute Gasteiger partial charge is 0.507 e. The van der Waals surface area contributed by atoms with E-state index in [9.17, 15) is 30.6 Å². The summed E-state index contributed by atoms with van der Waals surface area (Å²) in [5.74, 6) is -1.02. The van der Waals surface area contributed by atoms with Crippen LogP contribution >= 0.6 is 0 Å². The number of aliphatic hydroxyl groups excluding tert-OH is 1. The molecule has 2 aliphatic rings. The van der Waals surface area contributed by atoms with Crippen LogP contribution in [0.3, 0.4) is 0 Å². The molecule has 242 valence electrons. The van der Waals surface area contributed by atoms with Crippen molar-refractivity contribution < 1.29 is 35.4 Å². The number of aliphatic hydroxyl groups is 1. The Morgan fingerprint density at radius 1 is 0.804 bits per heavy atom. The molecule has 0 unspecified atom stereocenters. The smallest absolute Gasteiger partial charge is 0.169 e. The topological polar surface area (TPSA) is 143 Å². The van der Waals surface area contributed by atoms with Gasteiger partial charge in [-0.1, -0.05) is 67.5 Å². The number of hydrogen-bond donors (Lipinski definition) is 7. The standard InChI is InChI=1S/C38H43NO7/c40-23-27-4-1-2-18-38(27)21-28(17-19-46-38)39-22-26-9-7-24(8-10-26)11-15-31-29(14-12-25-13-16-32(41)34(43)20-25)30-5-3-6-33(42)35(30)37(45)36(31)44/h3,5-10,12-14,16,20,27-28,39-45H,1-2,4,11,15,17-19,21-23H2/b14-12+/t27-,28+,38+/m0/s1. The SMILES string of the molecule is OC[C@@H]1CCCC[C@@]12C[C@H](NCc1ccc(CCc3c(O)c(O)c4c(O)cccc4c3/C=C/c3ccc(O)c(O)c3)cc1)CCO2. The van der Waals surface area contributed by atoms with Gasteiger partial charge in [-0.25, -0.2) is 0 Å². The third-order valence-corrected chi connectivity index (χ3v) is 9.94. The lowest BCUT2D eigenvalue weighted by Crippen LogP contribution is -2.53. The van der Waals surface area contributed by atoms with Crippen LogP contribution in [0.25, 0.3) is 22.9 Å². The average molecular weight is 626 g/mol. The summed E-state index contributed by atoms with van der Waals surface area (Å²) in [6, 6.07) is 18.2. The van der Waals surface area contributed by atoms with Crippen molar-refractivity contribution in [3.05, 3.63) is 88.5 Å². The summed E-state index contributed by atoms with van der Waals surface area (Å²) in [4.78, 5) is 0. The summed E-state index contributed by atoms with van der Waals surface area (Å²) in [6.07, 6.45) is 10.8. The monoisotopic (exact) mass is 625 g/mol. The number of hydrogen-bond acceptors (Lipinski definition) is 8. The first kappa shape index (κ1) is 31.7. The average Bonchev–Trinajstić information content (AvgIpc) is 3.06. The zero-order chi connectivity index (χ0) is 32.3. The summed E-state index contributed by atoms with van der Waals surface area (Å²) in [6.45, 7) is 1.65. The molecule has 0 aromatic heterocycles. The molecule has 4 aromatic rings. The molecule has 0 amide bonds. The van der Waals surface area contributed by atoms with Gasteiger partial charge in [0.05, 0.1) is 11.0 Å². The number of rotatable bonds is 9. The van der Waals surface area contributed by atoms with Gasteiger partial charge in [-0.2, -0.15) is 0 Å². The number of aromatic hydroxyl groups is 5. The maximum absolute atomic E-state index is 11.1. The highest BCUT2D eigenvalue weighted by Crippen LogP contribution is 2.46. The summed E-state index contributed by atoms with van der Waals surface area (Å²) < 4.78 is 6.30. The van der Waals surface area contributed by atoms with Crippen molar-refractivity contribution in [3.8, 4) is 28.7 Å². The van der Waals surface area contributed by atoms with E-state index in [0.29, 0.717) is 41.0 Å². The van der Waals surface area contributed by atoms with E-state index in [4.69, 9.17) is 4.74 Å². The van der Waals surface area contributed by atoms with E-state index in [0.717, 1.165) is 57.2 Å². The van der Waals surface area contributed by atoms with Crippen molar-refractivity contribution >= 4 is 22.9 Å². The highest BCUT2D eigenvalue weighted by atomic mass is 16.5. The molecular formula is C38H43NO7. The lowest BCUT2D eigenvalue weighted by molar-refractivity contribution is -0.152. The van der Waals surface area contributed by atoms with Gasteiger partial charge < -0.3 is 40.7 Å². The molecular weight excluding hydrogens is 582 g/mol. The van der Waals surface area contributed by atoms with Crippen molar-refractivity contribution in [2.45, 2.75) is 69.6 Å². The molecule has 1 spiro atoms. The fourth-order valence-corrected chi connectivity index (χ4v) is 7.34. The fourth-order valence-electron chi connectivity index (χ4n) is 7.34. The molecule has 8 heteroatoms. The number of aryl methyl sites for hydroxylation is 1. The fraction of sp³-hybridized carbons (Fsp3) is 0.368. The number of fused-ring (bicyclic) bond motifs is 1. The van der Waals surface area contributed by atoms with Gasteiger partial charge in [0.25, 0.3) is 0 Å². The molecule has 1 heterocycles. The van der Waals surface area contributed by atoms with Crippen LogP contribution in [-0.2, 0) is 24.1 Å². The number of benzene rings is 4. The van der Waals surface area contributed by atoms with Gasteiger partial charge >= 0.3 is 0 Å². The summed E-state index contributed by atoms with van der Waals surface area (Å²) >= 11 is 0. The summed E-state index contributed by atoms with van der Waals surface area (Å²) in [7, 11) is 0. The zero-order valence-corrected chi connectivity index (χ0v) is 26.0. The number of ether oxygens (including phenoxy) is 1. The van der Waals surface area contributed by atoms with Crippen LogP contribution in [0, 0.1) is 5.92 Å². The van der Waals surface area contributed by atoms with E-state index in [2.05, 4.69) is 29.6 Å². The Kier molecular flexibility index (Phi) is 9.40. The molecule has 0 bridgehead atoms. The molecule has 7 N–H and O–H groups in total. The molecule has 1 aliphatic carbocycles. The minimum absolute atomic E-state index is 0.138. The lowest BCUT2D eigenvalue weighted by Gasteiger charge is -2.48. The molecule has 8 nitrogen and oxygen atoms in total. The summed E-state index contributed by atoms with van der Waals surface area (Å²) in [5.41, 5.74) is 3.87. The Labute approximate surface area is 269 Å². The molecule has 4 aromatic carbocycles. The minimum atomic E-state index is -0.364. The van der Waals surface area contributed by atoms with E-state index in [1.807, 2.05) is 0 Å². The second-order valence-corrected chi connectivity index (χ2v) is 12.8. The Bertz CT molecular complexity index is 1710. The maximum atomic E-state index is 11.1. The first-order valence-corrected chi connectivity index (χ1v) is 16.2. The van der Waals surface area contributed by atoms with Crippen LogP contribution in [-0.4, -0.2) is 55.5 Å². The second kappa shape index (κ2) is 13.6. The van der Waals surface area contributed by atoms with Gasteiger partial charge in [0, 0.05) is 37.3 Å². The van der Waals surface area contributed by atoms with Crippen molar-refractivity contribution in [3.63, 3.8) is 0 Å². The van der Waals surface area contributed by atoms with Crippen LogP contribution < -0.4 is 5.32 Å². The normalized spacial score (nSPS) is 21.8. The predicted octanol–water partition coefficient (Wildman–Crippen LogP) is 6.51. The van der Waals surface area contributed by atoms with Gasteiger partial charge in [0.15, 0.2) is 23.0 Å². The Morgan fingerprint density at radius 2 is 1.61 bits per heavy atom. The maximum Gasteiger partial charge on any atom is 0.169 e. The van der Waals surface area contributed by atoms with Crippen molar-refractivity contribution in [2.75, 3.05) is 13.2 Å². The Balaban J connectivity index is 1.17. The number of nitrogens with one attached hydrogen (secondary N) is 1. The molecule has 1 saturated carbocycles. The molecule has 6 rings (SSSR count).